The molecule has 0 aliphatic rings. The average molecular weight is 251 g/mol. The first-order valence-electron chi connectivity index (χ1n) is 5.86. The van der Waals surface area contributed by atoms with Gasteiger partial charge in [-0.3, -0.25) is 4.79 Å². The highest BCUT2D eigenvalue weighted by Crippen LogP contribution is 2.10. The van der Waals surface area contributed by atoms with Crippen molar-refractivity contribution in [1.29, 1.82) is 0 Å². The smallest absolute Gasteiger partial charge is 0.244 e. The maximum absolute atomic E-state index is 13.3. The molecule has 1 aromatic carbocycles. The van der Waals surface area contributed by atoms with Crippen LogP contribution in [0.15, 0.2) is 30.3 Å². The Kier molecular flexibility index (Phi) is 5.04. The third kappa shape index (κ3) is 3.96. The van der Waals surface area contributed by atoms with Crippen molar-refractivity contribution in [1.82, 2.24) is 5.32 Å². The average Bonchev–Trinajstić information content (AvgIpc) is 2.37. The van der Waals surface area contributed by atoms with E-state index in [4.69, 9.17) is 5.11 Å². The molecule has 0 saturated carbocycles. The molecule has 0 bridgehead atoms. The van der Waals surface area contributed by atoms with Crippen molar-refractivity contribution < 1.29 is 14.3 Å². The molecule has 0 fully saturated rings. The Morgan fingerprint density at radius 2 is 2.17 bits per heavy atom. The normalized spacial score (nSPS) is 14.4. The number of rotatable bonds is 5. The van der Waals surface area contributed by atoms with Crippen LogP contribution in [-0.4, -0.2) is 23.2 Å². The molecule has 4 heteroatoms. The quantitative estimate of drug-likeness (QED) is 0.787. The number of amides is 1. The van der Waals surface area contributed by atoms with Crippen LogP contribution in [-0.2, 0) is 4.79 Å². The first-order chi connectivity index (χ1) is 8.50. The van der Waals surface area contributed by atoms with E-state index in [1.54, 1.807) is 25.1 Å². The first-order valence-corrected chi connectivity index (χ1v) is 5.86. The summed E-state index contributed by atoms with van der Waals surface area (Å²) >= 11 is 0. The summed E-state index contributed by atoms with van der Waals surface area (Å²) in [5.74, 6) is -0.724. The minimum atomic E-state index is -0.642. The molecule has 0 spiro atoms. The number of halogens is 1. The largest absolute Gasteiger partial charge is 0.394 e. The van der Waals surface area contributed by atoms with Gasteiger partial charge in [-0.2, -0.15) is 0 Å². The third-order valence-corrected chi connectivity index (χ3v) is 2.87. The second-order valence-electron chi connectivity index (χ2n) is 4.42. The number of hydrogen-bond donors (Lipinski definition) is 2. The zero-order valence-corrected chi connectivity index (χ0v) is 10.6. The predicted molar refractivity (Wildman–Crippen MR) is 69.4 cm³/mol. The Morgan fingerprint density at radius 3 is 2.72 bits per heavy atom. The maximum Gasteiger partial charge on any atom is 0.244 e. The van der Waals surface area contributed by atoms with Crippen LogP contribution in [0.1, 0.15) is 25.8 Å². The van der Waals surface area contributed by atoms with E-state index in [0.717, 1.165) is 0 Å². The Hall–Kier alpha value is -1.68. The Bertz CT molecular complexity index is 439. The van der Waals surface area contributed by atoms with Gasteiger partial charge in [0.15, 0.2) is 0 Å². The fourth-order valence-corrected chi connectivity index (χ4v) is 1.35. The molecule has 0 radical (unpaired) electrons. The molecule has 1 atom stereocenters. The van der Waals surface area contributed by atoms with Crippen LogP contribution in [0.3, 0.4) is 0 Å². The minimum absolute atomic E-state index is 0.136. The van der Waals surface area contributed by atoms with Crippen LogP contribution in [0.5, 0.6) is 0 Å². The van der Waals surface area contributed by atoms with Crippen LogP contribution < -0.4 is 5.32 Å². The Balaban J connectivity index is 2.68. The van der Waals surface area contributed by atoms with Gasteiger partial charge in [-0.1, -0.05) is 25.1 Å². The van der Waals surface area contributed by atoms with Crippen molar-refractivity contribution in [3.63, 3.8) is 0 Å². The summed E-state index contributed by atoms with van der Waals surface area (Å²) in [7, 11) is 0. The van der Waals surface area contributed by atoms with Crippen molar-refractivity contribution in [2.45, 2.75) is 25.8 Å². The number of benzene rings is 1. The molecule has 1 aromatic rings. The van der Waals surface area contributed by atoms with E-state index < -0.39 is 5.54 Å². The van der Waals surface area contributed by atoms with Gasteiger partial charge in [0, 0.05) is 11.6 Å². The molecule has 0 aliphatic heterocycles. The van der Waals surface area contributed by atoms with E-state index in [-0.39, 0.29) is 18.3 Å². The minimum Gasteiger partial charge on any atom is -0.394 e. The number of nitrogens with one attached hydrogen (secondary N) is 1. The second kappa shape index (κ2) is 6.31. The van der Waals surface area contributed by atoms with E-state index in [0.29, 0.717) is 12.0 Å². The van der Waals surface area contributed by atoms with E-state index in [1.807, 2.05) is 6.92 Å². The van der Waals surface area contributed by atoms with Crippen molar-refractivity contribution in [3.05, 3.63) is 41.7 Å². The van der Waals surface area contributed by atoms with E-state index >= 15 is 0 Å². The summed E-state index contributed by atoms with van der Waals surface area (Å²) in [6.07, 6.45) is 3.29. The highest BCUT2D eigenvalue weighted by atomic mass is 19.1. The van der Waals surface area contributed by atoms with Gasteiger partial charge < -0.3 is 10.4 Å². The molecular formula is C14H18FNO2. The zero-order chi connectivity index (χ0) is 13.6. The fourth-order valence-electron chi connectivity index (χ4n) is 1.35. The molecule has 3 nitrogen and oxygen atoms in total. The van der Waals surface area contributed by atoms with Crippen molar-refractivity contribution in [3.8, 4) is 0 Å². The van der Waals surface area contributed by atoms with E-state index in [1.165, 1.54) is 18.2 Å². The molecule has 1 rings (SSSR count). The lowest BCUT2D eigenvalue weighted by Crippen LogP contribution is -2.47. The summed E-state index contributed by atoms with van der Waals surface area (Å²) in [4.78, 5) is 11.6. The molecule has 1 unspecified atom stereocenters. The number of aliphatic hydroxyl groups is 1. The maximum atomic E-state index is 13.3. The van der Waals surface area contributed by atoms with Crippen LogP contribution in [0, 0.1) is 5.82 Å². The van der Waals surface area contributed by atoms with Gasteiger partial charge in [-0.25, -0.2) is 4.39 Å². The Morgan fingerprint density at radius 1 is 1.50 bits per heavy atom. The van der Waals surface area contributed by atoms with Crippen molar-refractivity contribution in [2.24, 2.45) is 0 Å². The summed E-state index contributed by atoms with van der Waals surface area (Å²) in [5.41, 5.74) is -0.286. The molecular weight excluding hydrogens is 233 g/mol. The van der Waals surface area contributed by atoms with Crippen LogP contribution in [0.4, 0.5) is 4.39 Å². The van der Waals surface area contributed by atoms with E-state index in [2.05, 4.69) is 5.32 Å². The van der Waals surface area contributed by atoms with Gasteiger partial charge in [0.2, 0.25) is 5.91 Å². The monoisotopic (exact) mass is 251 g/mol. The van der Waals surface area contributed by atoms with Gasteiger partial charge in [0.1, 0.15) is 5.82 Å². The van der Waals surface area contributed by atoms with Crippen molar-refractivity contribution >= 4 is 12.0 Å². The highest BCUT2D eigenvalue weighted by molar-refractivity contribution is 5.92. The number of hydrogen-bond acceptors (Lipinski definition) is 2. The molecule has 0 aliphatic carbocycles. The lowest BCUT2D eigenvalue weighted by molar-refractivity contribution is -0.118. The summed E-state index contributed by atoms with van der Waals surface area (Å²) in [6, 6.07) is 6.21. The lowest BCUT2D eigenvalue weighted by atomic mass is 10.0. The van der Waals surface area contributed by atoms with Gasteiger partial charge >= 0.3 is 0 Å². The SMILES string of the molecule is CCC(C)(CO)NC(=O)/C=C/c1ccccc1F. The predicted octanol–water partition coefficient (Wildman–Crippen LogP) is 2.12. The molecule has 0 aromatic heterocycles. The third-order valence-electron chi connectivity index (χ3n) is 2.87. The van der Waals surface area contributed by atoms with Gasteiger partial charge in [-0.15, -0.1) is 0 Å². The first kappa shape index (κ1) is 14.4. The summed E-state index contributed by atoms with van der Waals surface area (Å²) in [5, 5.41) is 11.8. The van der Waals surface area contributed by atoms with Gasteiger partial charge in [0.25, 0.3) is 0 Å². The zero-order valence-electron chi connectivity index (χ0n) is 10.6. The number of carbonyl (C=O) groups is 1. The molecule has 1 amide bonds. The molecule has 0 heterocycles. The van der Waals surface area contributed by atoms with Gasteiger partial charge in [0.05, 0.1) is 12.1 Å². The van der Waals surface area contributed by atoms with Crippen LogP contribution in [0.2, 0.25) is 0 Å². The Labute approximate surface area is 106 Å². The summed E-state index contributed by atoms with van der Waals surface area (Å²) in [6.45, 7) is 3.49. The summed E-state index contributed by atoms with van der Waals surface area (Å²) < 4.78 is 13.3. The molecule has 98 valence electrons. The van der Waals surface area contributed by atoms with Crippen LogP contribution in [0.25, 0.3) is 6.08 Å². The van der Waals surface area contributed by atoms with Crippen LogP contribution >= 0.6 is 0 Å². The highest BCUT2D eigenvalue weighted by Gasteiger charge is 2.21. The van der Waals surface area contributed by atoms with Gasteiger partial charge in [-0.05, 0) is 25.5 Å². The second-order valence-corrected chi connectivity index (χ2v) is 4.42. The lowest BCUT2D eigenvalue weighted by Gasteiger charge is -2.26. The standard InChI is InChI=1S/C14H18FNO2/c1-3-14(2,10-17)16-13(18)9-8-11-6-4-5-7-12(11)15/h4-9,17H,3,10H2,1-2H3,(H,16,18)/b9-8+. The van der Waals surface area contributed by atoms with Crippen molar-refractivity contribution in [2.75, 3.05) is 6.61 Å². The molecule has 2 N–H and O–H groups in total. The molecule has 0 saturated heterocycles. The number of aliphatic hydroxyl groups excluding tert-OH is 1. The van der Waals surface area contributed by atoms with E-state index in [9.17, 15) is 9.18 Å². The topological polar surface area (TPSA) is 49.3 Å². The number of carbonyl (C=O) groups excluding carboxylic acids is 1. The fraction of sp³-hybridized carbons (Fsp3) is 0.357. The molecule has 18 heavy (non-hydrogen) atoms.